The molecular formula is C22H25N3O2. The average molecular weight is 363 g/mol. The van der Waals surface area contributed by atoms with E-state index >= 15 is 0 Å². The first-order chi connectivity index (χ1) is 13.1. The summed E-state index contributed by atoms with van der Waals surface area (Å²) in [5.41, 5.74) is 4.15. The lowest BCUT2D eigenvalue weighted by Crippen LogP contribution is -2.37. The molecule has 0 spiro atoms. The molecule has 140 valence electrons. The Hall–Kier alpha value is -3.08. The summed E-state index contributed by atoms with van der Waals surface area (Å²) in [4.78, 5) is 16.8. The number of nitrogens with one attached hydrogen (secondary N) is 1. The molecule has 0 aliphatic rings. The summed E-state index contributed by atoms with van der Waals surface area (Å²) >= 11 is 0. The first-order valence-corrected chi connectivity index (χ1v) is 9.16. The van der Waals surface area contributed by atoms with Crippen molar-refractivity contribution in [1.29, 1.82) is 0 Å². The number of benzene rings is 2. The third kappa shape index (κ3) is 4.56. The topological polar surface area (TPSA) is 56.1 Å². The van der Waals surface area contributed by atoms with E-state index in [9.17, 15) is 4.79 Å². The Kier molecular flexibility index (Phi) is 5.91. The van der Waals surface area contributed by atoms with Crippen molar-refractivity contribution in [3.63, 3.8) is 0 Å². The minimum absolute atomic E-state index is 0.112. The normalized spacial score (nSPS) is 11.8. The monoisotopic (exact) mass is 363 g/mol. The largest absolute Gasteiger partial charge is 0.480 e. The average Bonchev–Trinajstić information content (AvgIpc) is 3.21. The van der Waals surface area contributed by atoms with E-state index in [2.05, 4.69) is 10.3 Å². The van der Waals surface area contributed by atoms with E-state index in [4.69, 9.17) is 4.74 Å². The second-order valence-electron chi connectivity index (χ2n) is 6.60. The van der Waals surface area contributed by atoms with Crippen LogP contribution < -0.4 is 10.1 Å². The first-order valence-electron chi connectivity index (χ1n) is 9.16. The number of carbonyl (C=O) groups is 1. The quantitative estimate of drug-likeness (QED) is 0.691. The maximum atomic E-state index is 12.7. The van der Waals surface area contributed by atoms with Crippen LogP contribution in [0.1, 0.15) is 30.0 Å². The number of rotatable bonds is 7. The highest BCUT2D eigenvalue weighted by atomic mass is 16.5. The van der Waals surface area contributed by atoms with E-state index in [1.807, 2.05) is 74.0 Å². The summed E-state index contributed by atoms with van der Waals surface area (Å²) in [5.74, 6) is 0.648. The molecule has 3 aromatic rings. The molecule has 0 aliphatic heterocycles. The zero-order chi connectivity index (χ0) is 19.2. The lowest BCUT2D eigenvalue weighted by atomic mass is 10.1. The highest BCUT2D eigenvalue weighted by Gasteiger charge is 2.19. The van der Waals surface area contributed by atoms with Gasteiger partial charge >= 0.3 is 0 Å². The zero-order valence-corrected chi connectivity index (χ0v) is 16.0. The SMILES string of the molecule is CC[C@H](Oc1cc(C)ccc1C)C(=O)NCc1ccccc1-n1ccnc1. The highest BCUT2D eigenvalue weighted by molar-refractivity contribution is 5.81. The van der Waals surface area contributed by atoms with Gasteiger partial charge in [0.15, 0.2) is 6.10 Å². The van der Waals surface area contributed by atoms with Crippen LogP contribution in [0, 0.1) is 13.8 Å². The smallest absolute Gasteiger partial charge is 0.261 e. The summed E-state index contributed by atoms with van der Waals surface area (Å²) in [7, 11) is 0. The van der Waals surface area contributed by atoms with Crippen LogP contribution in [0.2, 0.25) is 0 Å². The van der Waals surface area contributed by atoms with Gasteiger partial charge in [-0.25, -0.2) is 4.98 Å². The minimum atomic E-state index is -0.522. The Morgan fingerprint density at radius 3 is 2.78 bits per heavy atom. The van der Waals surface area contributed by atoms with Gasteiger partial charge in [-0.15, -0.1) is 0 Å². The number of aryl methyl sites for hydroxylation is 2. The van der Waals surface area contributed by atoms with Gasteiger partial charge in [0.05, 0.1) is 12.0 Å². The van der Waals surface area contributed by atoms with E-state index in [1.54, 1.807) is 12.5 Å². The molecule has 0 fully saturated rings. The van der Waals surface area contributed by atoms with Crippen molar-refractivity contribution in [3.05, 3.63) is 77.9 Å². The number of hydrogen-bond donors (Lipinski definition) is 1. The van der Waals surface area contributed by atoms with Gasteiger partial charge < -0.3 is 14.6 Å². The molecule has 1 N–H and O–H groups in total. The van der Waals surface area contributed by atoms with E-state index in [-0.39, 0.29) is 5.91 Å². The van der Waals surface area contributed by atoms with Gasteiger partial charge in [-0.2, -0.15) is 0 Å². The maximum absolute atomic E-state index is 12.7. The fourth-order valence-corrected chi connectivity index (χ4v) is 2.92. The second kappa shape index (κ2) is 8.54. The Labute approximate surface area is 160 Å². The molecule has 5 heteroatoms. The molecule has 0 bridgehead atoms. The number of para-hydroxylation sites is 1. The zero-order valence-electron chi connectivity index (χ0n) is 16.0. The third-order valence-electron chi connectivity index (χ3n) is 4.50. The van der Waals surface area contributed by atoms with E-state index < -0.39 is 6.10 Å². The van der Waals surface area contributed by atoms with Gasteiger partial charge in [0.1, 0.15) is 5.75 Å². The lowest BCUT2D eigenvalue weighted by molar-refractivity contribution is -0.128. The first kappa shape index (κ1) is 18.7. The van der Waals surface area contributed by atoms with Crippen LogP contribution in [-0.4, -0.2) is 21.6 Å². The van der Waals surface area contributed by atoms with Crippen molar-refractivity contribution in [2.75, 3.05) is 0 Å². The molecule has 1 heterocycles. The molecule has 3 rings (SSSR count). The van der Waals surface area contributed by atoms with Crippen molar-refractivity contribution >= 4 is 5.91 Å². The molecule has 1 amide bonds. The van der Waals surface area contributed by atoms with Gasteiger partial charge in [-0.1, -0.05) is 37.3 Å². The predicted molar refractivity (Wildman–Crippen MR) is 106 cm³/mol. The summed E-state index contributed by atoms with van der Waals surface area (Å²) < 4.78 is 7.94. The molecule has 0 saturated carbocycles. The van der Waals surface area contributed by atoms with Gasteiger partial charge in [0.25, 0.3) is 5.91 Å². The number of imidazole rings is 1. The summed E-state index contributed by atoms with van der Waals surface area (Å²) in [6, 6.07) is 14.0. The van der Waals surface area contributed by atoms with Crippen LogP contribution >= 0.6 is 0 Å². The highest BCUT2D eigenvalue weighted by Crippen LogP contribution is 2.21. The van der Waals surface area contributed by atoms with E-state index in [1.165, 1.54) is 0 Å². The Morgan fingerprint density at radius 2 is 2.04 bits per heavy atom. The van der Waals surface area contributed by atoms with Crippen molar-refractivity contribution in [1.82, 2.24) is 14.9 Å². The molecule has 1 aromatic heterocycles. The number of nitrogens with zero attached hydrogens (tertiary/aromatic N) is 2. The van der Waals surface area contributed by atoms with Gasteiger partial charge in [-0.05, 0) is 49.1 Å². The number of carbonyl (C=O) groups excluding carboxylic acids is 1. The number of ether oxygens (including phenoxy) is 1. The van der Waals surface area contributed by atoms with Crippen LogP contribution in [0.25, 0.3) is 5.69 Å². The maximum Gasteiger partial charge on any atom is 0.261 e. The number of amides is 1. The summed E-state index contributed by atoms with van der Waals surface area (Å²) in [6.07, 6.45) is 5.45. The standard InChI is InChI=1S/C22H25N3O2/c1-4-20(27-21-13-16(2)9-10-17(21)3)22(26)24-14-18-7-5-6-8-19(18)25-12-11-23-15-25/h5-13,15,20H,4,14H2,1-3H3,(H,24,26)/t20-/m0/s1. The van der Waals surface area contributed by atoms with Gasteiger partial charge in [0, 0.05) is 18.9 Å². The molecule has 0 radical (unpaired) electrons. The lowest BCUT2D eigenvalue weighted by Gasteiger charge is -2.19. The fourth-order valence-electron chi connectivity index (χ4n) is 2.92. The van der Waals surface area contributed by atoms with Gasteiger partial charge in [0.2, 0.25) is 0 Å². The molecule has 27 heavy (non-hydrogen) atoms. The molecule has 0 unspecified atom stereocenters. The Balaban J connectivity index is 1.69. The van der Waals surface area contributed by atoms with Crippen molar-refractivity contribution in [3.8, 4) is 11.4 Å². The van der Waals surface area contributed by atoms with Crippen molar-refractivity contribution < 1.29 is 9.53 Å². The van der Waals surface area contributed by atoms with E-state index in [0.717, 1.165) is 28.1 Å². The molecule has 1 atom stereocenters. The predicted octanol–water partition coefficient (Wildman–Crippen LogP) is 3.96. The Morgan fingerprint density at radius 1 is 1.22 bits per heavy atom. The fraction of sp³-hybridized carbons (Fsp3) is 0.273. The third-order valence-corrected chi connectivity index (χ3v) is 4.50. The molecular weight excluding hydrogens is 338 g/mol. The minimum Gasteiger partial charge on any atom is -0.480 e. The molecule has 0 aliphatic carbocycles. The van der Waals surface area contributed by atoms with Gasteiger partial charge in [-0.3, -0.25) is 4.79 Å². The van der Waals surface area contributed by atoms with E-state index in [0.29, 0.717) is 13.0 Å². The molecule has 5 nitrogen and oxygen atoms in total. The Bertz CT molecular complexity index is 904. The summed E-state index contributed by atoms with van der Waals surface area (Å²) in [6.45, 7) is 6.38. The van der Waals surface area contributed by atoms with Crippen LogP contribution in [0.3, 0.4) is 0 Å². The molecule has 0 saturated heterocycles. The van der Waals surface area contributed by atoms with Crippen LogP contribution in [-0.2, 0) is 11.3 Å². The second-order valence-corrected chi connectivity index (χ2v) is 6.60. The number of aromatic nitrogens is 2. The molecule has 2 aromatic carbocycles. The number of hydrogen-bond acceptors (Lipinski definition) is 3. The van der Waals surface area contributed by atoms with Crippen molar-refractivity contribution in [2.45, 2.75) is 39.8 Å². The van der Waals surface area contributed by atoms with Crippen LogP contribution in [0.4, 0.5) is 0 Å². The summed E-state index contributed by atoms with van der Waals surface area (Å²) in [5, 5.41) is 3.01. The van der Waals surface area contributed by atoms with Crippen LogP contribution in [0.5, 0.6) is 5.75 Å². The van der Waals surface area contributed by atoms with Crippen molar-refractivity contribution in [2.24, 2.45) is 0 Å². The van der Waals surface area contributed by atoms with Crippen LogP contribution in [0.15, 0.2) is 61.2 Å².